The van der Waals surface area contributed by atoms with E-state index in [4.69, 9.17) is 0 Å². The normalized spacial score (nSPS) is 17.1. The largest absolute Gasteiger partial charge is 0.338 e. The highest BCUT2D eigenvalue weighted by Crippen LogP contribution is 2.29. The number of hydrogen-bond donors (Lipinski definition) is 1. The van der Waals surface area contributed by atoms with Crippen molar-refractivity contribution in [3.8, 4) is 0 Å². The zero-order valence-corrected chi connectivity index (χ0v) is 17.3. The molecule has 0 unspecified atom stereocenters. The molecule has 1 N–H and O–H groups in total. The number of rotatable bonds is 5. The van der Waals surface area contributed by atoms with Gasteiger partial charge in [-0.05, 0) is 23.8 Å². The van der Waals surface area contributed by atoms with Gasteiger partial charge in [0.1, 0.15) is 0 Å². The third-order valence-corrected chi connectivity index (χ3v) is 6.86. The van der Waals surface area contributed by atoms with Crippen molar-refractivity contribution in [2.45, 2.75) is 17.9 Å². The van der Waals surface area contributed by atoms with Crippen molar-refractivity contribution < 1.29 is 18.0 Å². The molecule has 0 saturated carbocycles. The fourth-order valence-electron chi connectivity index (χ4n) is 3.30. The number of hydrogen-bond acceptors (Lipinski definition) is 6. The standard InChI is InChI=1S/C20H19N3O4S2/c1-29(26,27)15-7-8-16-17(10-15)28-20(21-16)22-19(25)14-9-18(24)23(12-14)11-13-5-3-2-4-6-13/h2-8,10,14H,9,11-12H2,1H3,(H,21,22,25)/t14-/m1/s1. The Bertz CT molecular complexity index is 1190. The molecule has 2 heterocycles. The highest BCUT2D eigenvalue weighted by molar-refractivity contribution is 7.90. The lowest BCUT2D eigenvalue weighted by molar-refractivity contribution is -0.128. The number of anilines is 1. The maximum atomic E-state index is 12.6. The lowest BCUT2D eigenvalue weighted by Gasteiger charge is -2.16. The first kappa shape index (κ1) is 19.5. The monoisotopic (exact) mass is 429 g/mol. The molecule has 0 spiro atoms. The van der Waals surface area contributed by atoms with Gasteiger partial charge in [-0.2, -0.15) is 0 Å². The highest BCUT2D eigenvalue weighted by Gasteiger charge is 2.34. The Morgan fingerprint density at radius 3 is 2.72 bits per heavy atom. The quantitative estimate of drug-likeness (QED) is 0.673. The predicted molar refractivity (Wildman–Crippen MR) is 111 cm³/mol. The van der Waals surface area contributed by atoms with E-state index in [0.717, 1.165) is 11.8 Å². The van der Waals surface area contributed by atoms with Gasteiger partial charge in [-0.25, -0.2) is 13.4 Å². The molecule has 2 aromatic carbocycles. The second kappa shape index (κ2) is 7.57. The topological polar surface area (TPSA) is 96.4 Å². The summed E-state index contributed by atoms with van der Waals surface area (Å²) in [7, 11) is -3.31. The van der Waals surface area contributed by atoms with E-state index in [1.54, 1.807) is 17.0 Å². The first-order chi connectivity index (χ1) is 13.8. The number of carbonyl (C=O) groups excluding carboxylic acids is 2. The molecule has 1 atom stereocenters. The summed E-state index contributed by atoms with van der Waals surface area (Å²) in [5, 5.41) is 3.17. The molecular formula is C20H19N3O4S2. The van der Waals surface area contributed by atoms with Gasteiger partial charge in [0.25, 0.3) is 0 Å². The number of amides is 2. The van der Waals surface area contributed by atoms with E-state index in [2.05, 4.69) is 10.3 Å². The van der Waals surface area contributed by atoms with Crippen molar-refractivity contribution in [1.29, 1.82) is 0 Å². The molecule has 1 aliphatic rings. The van der Waals surface area contributed by atoms with E-state index in [-0.39, 0.29) is 23.1 Å². The van der Waals surface area contributed by atoms with Gasteiger partial charge < -0.3 is 10.2 Å². The molecule has 0 bridgehead atoms. The maximum absolute atomic E-state index is 12.6. The number of benzene rings is 2. The summed E-state index contributed by atoms with van der Waals surface area (Å²) in [5.74, 6) is -0.739. The molecule has 0 radical (unpaired) electrons. The average Bonchev–Trinajstić information content (AvgIpc) is 3.24. The Morgan fingerprint density at radius 2 is 2.00 bits per heavy atom. The number of thiazole rings is 1. The second-order valence-corrected chi connectivity index (χ2v) is 10.1. The highest BCUT2D eigenvalue weighted by atomic mass is 32.2. The van der Waals surface area contributed by atoms with Crippen LogP contribution < -0.4 is 5.32 Å². The first-order valence-corrected chi connectivity index (χ1v) is 11.7. The molecule has 2 amide bonds. The molecule has 4 rings (SSSR count). The molecule has 7 nitrogen and oxygen atoms in total. The Balaban J connectivity index is 1.44. The second-order valence-electron chi connectivity index (χ2n) is 7.07. The van der Waals surface area contributed by atoms with Crippen molar-refractivity contribution >= 4 is 48.3 Å². The average molecular weight is 430 g/mol. The van der Waals surface area contributed by atoms with Crippen LogP contribution in [0.4, 0.5) is 5.13 Å². The first-order valence-electron chi connectivity index (χ1n) is 9.03. The van der Waals surface area contributed by atoms with E-state index in [9.17, 15) is 18.0 Å². The maximum Gasteiger partial charge on any atom is 0.231 e. The van der Waals surface area contributed by atoms with Crippen molar-refractivity contribution in [1.82, 2.24) is 9.88 Å². The van der Waals surface area contributed by atoms with Gasteiger partial charge in [0.15, 0.2) is 15.0 Å². The SMILES string of the molecule is CS(=O)(=O)c1ccc2nc(NC(=O)[C@@H]3CC(=O)N(Cc4ccccc4)C3)sc2c1. The third-order valence-electron chi connectivity index (χ3n) is 4.82. The van der Waals surface area contributed by atoms with Crippen molar-refractivity contribution in [2.24, 2.45) is 5.92 Å². The Labute approximate surface area is 172 Å². The predicted octanol–water partition coefficient (Wildman–Crippen LogP) is 2.69. The molecule has 1 aliphatic heterocycles. The van der Waals surface area contributed by atoms with Gasteiger partial charge in [0, 0.05) is 25.8 Å². The van der Waals surface area contributed by atoms with E-state index in [1.165, 1.54) is 17.4 Å². The molecule has 9 heteroatoms. The fourth-order valence-corrected chi connectivity index (χ4v) is 4.93. The summed E-state index contributed by atoms with van der Waals surface area (Å²) >= 11 is 1.21. The molecule has 1 aromatic heterocycles. The van der Waals surface area contributed by atoms with Crippen molar-refractivity contribution in [2.75, 3.05) is 18.1 Å². The number of carbonyl (C=O) groups is 2. The van der Waals surface area contributed by atoms with Gasteiger partial charge in [-0.1, -0.05) is 41.7 Å². The number of nitrogens with one attached hydrogen (secondary N) is 1. The van der Waals surface area contributed by atoms with E-state index in [0.29, 0.717) is 28.4 Å². The van der Waals surface area contributed by atoms with Gasteiger partial charge >= 0.3 is 0 Å². The molecule has 29 heavy (non-hydrogen) atoms. The van der Waals surface area contributed by atoms with Crippen LogP contribution in [0.2, 0.25) is 0 Å². The summed E-state index contributed by atoms with van der Waals surface area (Å²) in [5.41, 5.74) is 1.64. The lowest BCUT2D eigenvalue weighted by Crippen LogP contribution is -2.28. The number of nitrogens with zero attached hydrogens (tertiary/aromatic N) is 2. The van der Waals surface area contributed by atoms with E-state index in [1.807, 2.05) is 30.3 Å². The zero-order chi connectivity index (χ0) is 20.6. The van der Waals surface area contributed by atoms with Crippen LogP contribution in [0.15, 0.2) is 53.4 Å². The summed E-state index contributed by atoms with van der Waals surface area (Å²) in [6.07, 6.45) is 1.32. The smallest absolute Gasteiger partial charge is 0.231 e. The van der Waals surface area contributed by atoms with E-state index >= 15 is 0 Å². The van der Waals surface area contributed by atoms with Crippen LogP contribution >= 0.6 is 11.3 Å². The van der Waals surface area contributed by atoms with Gasteiger partial charge in [0.05, 0.1) is 21.0 Å². The number of likely N-dealkylation sites (tertiary alicyclic amines) is 1. The van der Waals surface area contributed by atoms with Crippen LogP contribution in [0.1, 0.15) is 12.0 Å². The Morgan fingerprint density at radius 1 is 1.24 bits per heavy atom. The van der Waals surface area contributed by atoms with Gasteiger partial charge in [0.2, 0.25) is 11.8 Å². The molecule has 1 fully saturated rings. The molecule has 3 aromatic rings. The minimum atomic E-state index is -3.31. The Kier molecular flexibility index (Phi) is 5.10. The van der Waals surface area contributed by atoms with Crippen LogP contribution in [-0.2, 0) is 26.0 Å². The van der Waals surface area contributed by atoms with Crippen LogP contribution in [0.25, 0.3) is 10.2 Å². The van der Waals surface area contributed by atoms with Crippen molar-refractivity contribution in [3.05, 3.63) is 54.1 Å². The van der Waals surface area contributed by atoms with Gasteiger partial charge in [-0.3, -0.25) is 9.59 Å². The van der Waals surface area contributed by atoms with Crippen LogP contribution in [0, 0.1) is 5.92 Å². The third kappa shape index (κ3) is 4.30. The molecule has 1 saturated heterocycles. The number of aromatic nitrogens is 1. The summed E-state index contributed by atoms with van der Waals surface area (Å²) in [6.45, 7) is 0.849. The Hall–Kier alpha value is -2.78. The van der Waals surface area contributed by atoms with Gasteiger partial charge in [-0.15, -0.1) is 0 Å². The molecule has 150 valence electrons. The minimum absolute atomic E-state index is 0.0453. The lowest BCUT2D eigenvalue weighted by atomic mass is 10.1. The fraction of sp³-hybridized carbons (Fsp3) is 0.250. The number of sulfone groups is 1. The summed E-state index contributed by atoms with van der Waals surface area (Å²) < 4.78 is 24.1. The molecule has 0 aliphatic carbocycles. The van der Waals surface area contributed by atoms with Crippen LogP contribution in [0.3, 0.4) is 0 Å². The molecular weight excluding hydrogens is 410 g/mol. The van der Waals surface area contributed by atoms with Crippen LogP contribution in [0.5, 0.6) is 0 Å². The summed E-state index contributed by atoms with van der Waals surface area (Å²) in [6, 6.07) is 14.3. The number of fused-ring (bicyclic) bond motifs is 1. The van der Waals surface area contributed by atoms with Crippen molar-refractivity contribution in [3.63, 3.8) is 0 Å². The van der Waals surface area contributed by atoms with E-state index < -0.39 is 15.8 Å². The zero-order valence-electron chi connectivity index (χ0n) is 15.7. The summed E-state index contributed by atoms with van der Waals surface area (Å²) in [4.78, 5) is 31.2. The van der Waals surface area contributed by atoms with Crippen LogP contribution in [-0.4, -0.2) is 42.9 Å². The minimum Gasteiger partial charge on any atom is -0.338 e.